The quantitative estimate of drug-likeness (QED) is 0.207. The maximum Gasteiger partial charge on any atom is 0.365 e. The summed E-state index contributed by atoms with van der Waals surface area (Å²) in [6, 6.07) is 24.9. The molecule has 0 saturated heterocycles. The second-order valence-electron chi connectivity index (χ2n) is 8.86. The lowest BCUT2D eigenvalue weighted by molar-refractivity contribution is 0.0514. The number of anilines is 1. The lowest BCUT2D eigenvalue weighted by Crippen LogP contribution is -2.37. The number of nitrogens with zero attached hydrogens (tertiary/aromatic N) is 3. The second kappa shape index (κ2) is 10.6. The summed E-state index contributed by atoms with van der Waals surface area (Å²) < 4.78 is 2.04. The Kier molecular flexibility index (Phi) is 7.12. The van der Waals surface area contributed by atoms with Gasteiger partial charge in [-0.15, -0.1) is 0 Å². The number of halogens is 2. The fourth-order valence-corrected chi connectivity index (χ4v) is 4.58. The zero-order valence-electron chi connectivity index (χ0n) is 20.0. The molecule has 1 amide bonds. The van der Waals surface area contributed by atoms with Gasteiger partial charge < -0.3 is 14.3 Å². The number of aryl methyl sites for hydroxylation is 1. The van der Waals surface area contributed by atoms with Crippen LogP contribution in [0.5, 0.6) is 0 Å². The summed E-state index contributed by atoms with van der Waals surface area (Å²) in [6.45, 7) is 2.93. The highest BCUT2D eigenvalue weighted by molar-refractivity contribution is 6.31. The van der Waals surface area contributed by atoms with Crippen LogP contribution in [0.15, 0.2) is 96.3 Å². The highest BCUT2D eigenvalue weighted by atomic mass is 35.5. The summed E-state index contributed by atoms with van der Waals surface area (Å²) in [7, 11) is 0. The first-order valence-electron chi connectivity index (χ1n) is 11.7. The highest BCUT2D eigenvalue weighted by Gasteiger charge is 2.33. The van der Waals surface area contributed by atoms with Crippen LogP contribution >= 0.6 is 23.2 Å². The average molecular weight is 532 g/mol. The molecule has 6 nitrogen and oxygen atoms in total. The molecule has 1 aromatic heterocycles. The van der Waals surface area contributed by atoms with Crippen molar-refractivity contribution in [2.45, 2.75) is 13.5 Å². The van der Waals surface area contributed by atoms with Gasteiger partial charge >= 0.3 is 5.97 Å². The highest BCUT2D eigenvalue weighted by Crippen LogP contribution is 2.27. The number of carbonyl (C=O) groups excluding carboxylic acids is 2. The van der Waals surface area contributed by atoms with Crippen molar-refractivity contribution in [1.82, 2.24) is 4.57 Å². The molecule has 0 fully saturated rings. The molecule has 4 aromatic rings. The molecule has 186 valence electrons. The van der Waals surface area contributed by atoms with Crippen molar-refractivity contribution < 1.29 is 14.4 Å². The molecule has 37 heavy (non-hydrogen) atoms. The van der Waals surface area contributed by atoms with Crippen molar-refractivity contribution in [1.29, 1.82) is 0 Å². The lowest BCUT2D eigenvalue weighted by atomic mass is 10.0. The number of carbonyl (C=O) groups is 2. The van der Waals surface area contributed by atoms with E-state index in [-0.39, 0.29) is 11.8 Å². The topological polar surface area (TPSA) is 63.9 Å². The predicted molar refractivity (Wildman–Crippen MR) is 146 cm³/mol. The van der Waals surface area contributed by atoms with Crippen molar-refractivity contribution in [3.05, 3.63) is 124 Å². The molecule has 8 heteroatoms. The zero-order valence-corrected chi connectivity index (χ0v) is 21.5. The minimum Gasteiger partial charge on any atom is -0.346 e. The Labute approximate surface area is 224 Å². The van der Waals surface area contributed by atoms with E-state index in [0.29, 0.717) is 40.0 Å². The van der Waals surface area contributed by atoms with Crippen LogP contribution < -0.4 is 4.90 Å². The Bertz CT molecular complexity index is 1460. The molecular weight excluding hydrogens is 509 g/mol. The molecule has 5 rings (SSSR count). The largest absolute Gasteiger partial charge is 0.365 e. The Morgan fingerprint density at radius 3 is 2.19 bits per heavy atom. The first-order valence-corrected chi connectivity index (χ1v) is 12.5. The van der Waals surface area contributed by atoms with Crippen LogP contribution in [0.1, 0.15) is 32.0 Å². The zero-order chi connectivity index (χ0) is 25.9. The Morgan fingerprint density at radius 2 is 1.54 bits per heavy atom. The minimum absolute atomic E-state index is 0.158. The third-order valence-corrected chi connectivity index (χ3v) is 6.79. The first-order chi connectivity index (χ1) is 17.9. The average Bonchev–Trinajstić information content (AvgIpc) is 3.48. The molecule has 1 unspecified atom stereocenters. The van der Waals surface area contributed by atoms with Crippen molar-refractivity contribution in [3.63, 3.8) is 0 Å². The molecule has 0 N–H and O–H groups in total. The Balaban J connectivity index is 1.45. The number of fused-ring (bicyclic) bond motifs is 1. The third kappa shape index (κ3) is 5.45. The van der Waals surface area contributed by atoms with Gasteiger partial charge in [0.1, 0.15) is 5.71 Å². The number of aromatic nitrogens is 1. The van der Waals surface area contributed by atoms with Crippen LogP contribution in [-0.4, -0.2) is 28.7 Å². The predicted octanol–water partition coefficient (Wildman–Crippen LogP) is 6.64. The summed E-state index contributed by atoms with van der Waals surface area (Å²) in [5.41, 5.74) is 4.17. The van der Waals surface area contributed by atoms with Gasteiger partial charge in [0, 0.05) is 46.5 Å². The van der Waals surface area contributed by atoms with Gasteiger partial charge in [0.15, 0.2) is 0 Å². The van der Waals surface area contributed by atoms with E-state index >= 15 is 0 Å². The molecule has 0 bridgehead atoms. The molecule has 1 atom stereocenters. The summed E-state index contributed by atoms with van der Waals surface area (Å²) in [5.74, 6) is -0.943. The number of benzene rings is 3. The van der Waals surface area contributed by atoms with E-state index in [0.717, 1.165) is 16.9 Å². The SMILES string of the molecule is Cc1ccc(N(CC2Cn3cccc3/C2=N\OC(=O)c2ccc(Cl)cc2)C(=O)c2ccc(Cl)cc2)cc1. The molecular formula is C29H23Cl2N3O3. The van der Waals surface area contributed by atoms with Crippen LogP contribution in [-0.2, 0) is 11.4 Å². The summed E-state index contributed by atoms with van der Waals surface area (Å²) in [6.07, 6.45) is 1.95. The van der Waals surface area contributed by atoms with Crippen LogP contribution in [0, 0.1) is 12.8 Å². The molecule has 0 saturated carbocycles. The summed E-state index contributed by atoms with van der Waals surface area (Å²) >= 11 is 12.0. The van der Waals surface area contributed by atoms with Gasteiger partial charge in [-0.25, -0.2) is 4.79 Å². The van der Waals surface area contributed by atoms with E-state index in [2.05, 4.69) is 5.16 Å². The third-order valence-electron chi connectivity index (χ3n) is 6.29. The maximum atomic E-state index is 13.7. The molecule has 1 aliphatic heterocycles. The summed E-state index contributed by atoms with van der Waals surface area (Å²) in [5, 5.41) is 5.37. The van der Waals surface area contributed by atoms with Gasteiger partial charge in [0.25, 0.3) is 5.91 Å². The van der Waals surface area contributed by atoms with E-state index < -0.39 is 5.97 Å². The van der Waals surface area contributed by atoms with E-state index in [1.165, 1.54) is 0 Å². The van der Waals surface area contributed by atoms with E-state index in [4.69, 9.17) is 28.0 Å². The van der Waals surface area contributed by atoms with Crippen molar-refractivity contribution in [3.8, 4) is 0 Å². The van der Waals surface area contributed by atoms with Gasteiger partial charge in [-0.3, -0.25) is 4.79 Å². The van der Waals surface area contributed by atoms with Gasteiger partial charge in [0.2, 0.25) is 0 Å². The standard InChI is InChI=1S/C29H23Cl2N3O3/c1-19-4-14-25(15-5-19)34(28(35)20-6-10-23(30)11-7-20)18-22-17-33-16-2-3-26(33)27(22)32-37-29(36)21-8-12-24(31)13-9-21/h2-16,22H,17-18H2,1H3/b32-27-. The fraction of sp³-hybridized carbons (Fsp3) is 0.138. The fourth-order valence-electron chi connectivity index (χ4n) is 4.33. The monoisotopic (exact) mass is 531 g/mol. The molecule has 0 radical (unpaired) electrons. The van der Waals surface area contributed by atoms with Crippen LogP contribution in [0.25, 0.3) is 0 Å². The molecule has 0 aliphatic carbocycles. The molecule has 1 aliphatic rings. The summed E-state index contributed by atoms with van der Waals surface area (Å²) in [4.78, 5) is 33.4. The molecule has 2 heterocycles. The van der Waals surface area contributed by atoms with Gasteiger partial charge in [0.05, 0.1) is 11.3 Å². The van der Waals surface area contributed by atoms with Crippen LogP contribution in [0.2, 0.25) is 10.0 Å². The molecule has 3 aromatic carbocycles. The van der Waals surface area contributed by atoms with E-state index in [1.54, 1.807) is 53.4 Å². The lowest BCUT2D eigenvalue weighted by Gasteiger charge is -2.26. The Morgan fingerprint density at radius 1 is 0.919 bits per heavy atom. The smallest absolute Gasteiger partial charge is 0.346 e. The molecule has 0 spiro atoms. The Hall–Kier alpha value is -3.87. The van der Waals surface area contributed by atoms with Crippen LogP contribution in [0.4, 0.5) is 5.69 Å². The normalized spacial score (nSPS) is 15.4. The van der Waals surface area contributed by atoms with E-state index in [1.807, 2.05) is 54.1 Å². The van der Waals surface area contributed by atoms with Crippen molar-refractivity contribution >= 4 is 46.5 Å². The van der Waals surface area contributed by atoms with Gasteiger partial charge in [-0.05, 0) is 79.7 Å². The van der Waals surface area contributed by atoms with Crippen molar-refractivity contribution in [2.75, 3.05) is 11.4 Å². The maximum absolute atomic E-state index is 13.7. The van der Waals surface area contributed by atoms with Crippen molar-refractivity contribution in [2.24, 2.45) is 11.1 Å². The number of amides is 1. The number of hydrogen-bond acceptors (Lipinski definition) is 4. The van der Waals surface area contributed by atoms with Crippen LogP contribution in [0.3, 0.4) is 0 Å². The second-order valence-corrected chi connectivity index (χ2v) is 9.74. The van der Waals surface area contributed by atoms with Gasteiger partial charge in [-0.1, -0.05) is 46.1 Å². The number of rotatable bonds is 6. The first kappa shape index (κ1) is 24.8. The number of oxime groups is 1. The number of hydrogen-bond donors (Lipinski definition) is 0. The van der Waals surface area contributed by atoms with E-state index in [9.17, 15) is 9.59 Å². The van der Waals surface area contributed by atoms with Gasteiger partial charge in [-0.2, -0.15) is 0 Å². The minimum atomic E-state index is -0.583.